The molecule has 25 heavy (non-hydrogen) atoms. The Hall–Kier alpha value is -3.18. The first-order chi connectivity index (χ1) is 11.9. The summed E-state index contributed by atoms with van der Waals surface area (Å²) < 4.78 is 31.7. The van der Waals surface area contributed by atoms with E-state index < -0.39 is 16.0 Å². The van der Waals surface area contributed by atoms with Crippen LogP contribution in [-0.2, 0) is 14.8 Å². The molecule has 3 rings (SSSR count). The zero-order chi connectivity index (χ0) is 18.2. The summed E-state index contributed by atoms with van der Waals surface area (Å²) in [5.41, 5.74) is 1.04. The number of ether oxygens (including phenoxy) is 1. The molecular formula is C17H13N3O4S. The normalized spacial score (nSPS) is 11.2. The van der Waals surface area contributed by atoms with Gasteiger partial charge in [0.25, 0.3) is 10.0 Å². The summed E-state index contributed by atoms with van der Waals surface area (Å²) in [6.07, 6.45) is 1.25. The van der Waals surface area contributed by atoms with Crippen LogP contribution in [0.2, 0.25) is 0 Å². The van der Waals surface area contributed by atoms with Crippen LogP contribution in [0.3, 0.4) is 0 Å². The topological polar surface area (TPSA) is 102 Å². The Bertz CT molecular complexity index is 1120. The maximum absolute atomic E-state index is 13.1. The number of esters is 1. The largest absolute Gasteiger partial charge is 0.464 e. The second-order valence-corrected chi connectivity index (χ2v) is 7.14. The first-order valence-corrected chi connectivity index (χ1v) is 8.64. The molecule has 8 heteroatoms. The summed E-state index contributed by atoms with van der Waals surface area (Å²) in [5.74, 6) is -0.813. The molecule has 0 atom stereocenters. The summed E-state index contributed by atoms with van der Waals surface area (Å²) >= 11 is 0. The number of aryl methyl sites for hydroxylation is 1. The van der Waals surface area contributed by atoms with Crippen molar-refractivity contribution in [2.45, 2.75) is 11.8 Å². The maximum Gasteiger partial charge on any atom is 0.355 e. The van der Waals surface area contributed by atoms with Gasteiger partial charge in [-0.2, -0.15) is 5.26 Å². The second-order valence-electron chi connectivity index (χ2n) is 5.35. The van der Waals surface area contributed by atoms with Crippen molar-refractivity contribution >= 4 is 27.0 Å². The molecule has 0 aliphatic rings. The zero-order valence-corrected chi connectivity index (χ0v) is 14.2. The van der Waals surface area contributed by atoms with Gasteiger partial charge in [-0.05, 0) is 31.2 Å². The number of nitriles is 1. The lowest BCUT2D eigenvalue weighted by Crippen LogP contribution is -2.19. The lowest BCUT2D eigenvalue weighted by Gasteiger charge is -2.10. The molecule has 0 unspecified atom stereocenters. The minimum atomic E-state index is -4.07. The maximum atomic E-state index is 13.1. The first-order valence-electron chi connectivity index (χ1n) is 7.20. The third-order valence-corrected chi connectivity index (χ3v) is 5.40. The smallest absolute Gasteiger partial charge is 0.355 e. The highest BCUT2D eigenvalue weighted by Crippen LogP contribution is 2.25. The van der Waals surface area contributed by atoms with E-state index in [1.54, 1.807) is 12.1 Å². The van der Waals surface area contributed by atoms with Crippen LogP contribution in [0.5, 0.6) is 0 Å². The van der Waals surface area contributed by atoms with Crippen LogP contribution >= 0.6 is 0 Å². The predicted octanol–water partition coefficient (Wildman–Crippen LogP) is 2.24. The van der Waals surface area contributed by atoms with E-state index >= 15 is 0 Å². The Morgan fingerprint density at radius 1 is 1.24 bits per heavy atom. The Labute approximate surface area is 144 Å². The van der Waals surface area contributed by atoms with Gasteiger partial charge in [-0.3, -0.25) is 0 Å². The van der Waals surface area contributed by atoms with Crippen LogP contribution in [0.1, 0.15) is 21.6 Å². The van der Waals surface area contributed by atoms with E-state index in [2.05, 4.69) is 4.98 Å². The molecule has 0 aliphatic carbocycles. The number of nitrogens with zero attached hydrogens (tertiary/aromatic N) is 3. The average molecular weight is 355 g/mol. The molecule has 2 aromatic heterocycles. The molecule has 1 aromatic carbocycles. The molecule has 0 saturated carbocycles. The molecule has 0 bridgehead atoms. The van der Waals surface area contributed by atoms with Gasteiger partial charge >= 0.3 is 5.97 Å². The zero-order valence-electron chi connectivity index (χ0n) is 13.4. The molecular weight excluding hydrogens is 342 g/mol. The molecule has 126 valence electrons. The van der Waals surface area contributed by atoms with Crippen LogP contribution in [-0.4, -0.2) is 30.5 Å². The highest BCUT2D eigenvalue weighted by Gasteiger charge is 2.27. The minimum Gasteiger partial charge on any atom is -0.464 e. The SMILES string of the molecule is COC(=O)c1cc2cc(C#N)cnc2n1S(=O)(=O)c1ccc(C)cc1. The van der Waals surface area contributed by atoms with E-state index in [9.17, 15) is 13.2 Å². The third kappa shape index (κ3) is 2.75. The predicted molar refractivity (Wildman–Crippen MR) is 89.6 cm³/mol. The summed E-state index contributed by atoms with van der Waals surface area (Å²) in [4.78, 5) is 16.2. The van der Waals surface area contributed by atoms with Crippen molar-refractivity contribution < 1.29 is 17.9 Å². The number of benzene rings is 1. The van der Waals surface area contributed by atoms with Crippen LogP contribution < -0.4 is 0 Å². The number of carbonyl (C=O) groups excluding carboxylic acids is 1. The van der Waals surface area contributed by atoms with Gasteiger partial charge in [0.15, 0.2) is 5.65 Å². The van der Waals surface area contributed by atoms with Crippen LogP contribution in [0.4, 0.5) is 0 Å². The summed E-state index contributed by atoms with van der Waals surface area (Å²) in [7, 11) is -2.91. The quantitative estimate of drug-likeness (QED) is 0.668. The number of aromatic nitrogens is 2. The summed E-state index contributed by atoms with van der Waals surface area (Å²) in [6.45, 7) is 1.84. The van der Waals surface area contributed by atoms with Crippen LogP contribution in [0, 0.1) is 18.3 Å². The number of rotatable bonds is 3. The third-order valence-electron chi connectivity index (χ3n) is 3.68. The van der Waals surface area contributed by atoms with Gasteiger partial charge in [-0.25, -0.2) is 22.2 Å². The standard InChI is InChI=1S/C17H13N3O4S/c1-11-3-5-14(6-4-11)25(22,23)20-15(17(21)24-2)8-13-7-12(9-18)10-19-16(13)20/h3-8,10H,1-2H3. The van der Waals surface area contributed by atoms with Crippen molar-refractivity contribution in [1.29, 1.82) is 5.26 Å². The molecule has 0 amide bonds. The minimum absolute atomic E-state index is 0.0203. The highest BCUT2D eigenvalue weighted by atomic mass is 32.2. The van der Waals surface area contributed by atoms with E-state index in [1.807, 2.05) is 13.0 Å². The molecule has 2 heterocycles. The second kappa shape index (κ2) is 6.03. The molecule has 0 saturated heterocycles. The van der Waals surface area contributed by atoms with Gasteiger partial charge in [0.2, 0.25) is 0 Å². The number of hydrogen-bond acceptors (Lipinski definition) is 6. The van der Waals surface area contributed by atoms with Crippen molar-refractivity contribution in [2.24, 2.45) is 0 Å². The number of pyridine rings is 1. The fourth-order valence-electron chi connectivity index (χ4n) is 2.44. The Kier molecular flexibility index (Phi) is 4.02. The van der Waals surface area contributed by atoms with E-state index in [0.29, 0.717) is 5.39 Å². The lowest BCUT2D eigenvalue weighted by atomic mass is 10.2. The molecule has 0 fully saturated rings. The lowest BCUT2D eigenvalue weighted by molar-refractivity contribution is 0.0593. The monoisotopic (exact) mass is 355 g/mol. The number of methoxy groups -OCH3 is 1. The molecule has 3 aromatic rings. The van der Waals surface area contributed by atoms with Gasteiger partial charge in [0.05, 0.1) is 17.6 Å². The fraction of sp³-hybridized carbons (Fsp3) is 0.118. The summed E-state index contributed by atoms with van der Waals surface area (Å²) in [6, 6.07) is 11.0. The van der Waals surface area contributed by atoms with Crippen LogP contribution in [0.25, 0.3) is 11.0 Å². The first kappa shape index (κ1) is 16.7. The molecule has 0 spiro atoms. The van der Waals surface area contributed by atoms with Crippen molar-refractivity contribution in [3.8, 4) is 6.07 Å². The van der Waals surface area contributed by atoms with E-state index in [-0.39, 0.29) is 21.8 Å². The van der Waals surface area contributed by atoms with E-state index in [1.165, 1.54) is 30.5 Å². The Balaban J connectivity index is 2.35. The molecule has 0 radical (unpaired) electrons. The molecule has 7 nitrogen and oxygen atoms in total. The van der Waals surface area contributed by atoms with Gasteiger partial charge in [-0.15, -0.1) is 0 Å². The number of fused-ring (bicyclic) bond motifs is 1. The number of hydrogen-bond donors (Lipinski definition) is 0. The van der Waals surface area contributed by atoms with Crippen LogP contribution in [0.15, 0.2) is 47.5 Å². The number of carbonyl (C=O) groups is 1. The average Bonchev–Trinajstić information content (AvgIpc) is 3.00. The molecule has 0 N–H and O–H groups in total. The molecule has 0 aliphatic heterocycles. The van der Waals surface area contributed by atoms with Gasteiger partial charge in [0.1, 0.15) is 11.8 Å². The van der Waals surface area contributed by atoms with E-state index in [4.69, 9.17) is 10.00 Å². The Morgan fingerprint density at radius 2 is 1.92 bits per heavy atom. The van der Waals surface area contributed by atoms with Crippen molar-refractivity contribution in [3.63, 3.8) is 0 Å². The van der Waals surface area contributed by atoms with Crippen molar-refractivity contribution in [2.75, 3.05) is 7.11 Å². The van der Waals surface area contributed by atoms with Gasteiger partial charge < -0.3 is 4.74 Å². The van der Waals surface area contributed by atoms with Gasteiger partial charge in [-0.1, -0.05) is 17.7 Å². The Morgan fingerprint density at radius 3 is 2.52 bits per heavy atom. The summed E-state index contributed by atoms with van der Waals surface area (Å²) in [5, 5.41) is 9.34. The van der Waals surface area contributed by atoms with Gasteiger partial charge in [0, 0.05) is 11.6 Å². The van der Waals surface area contributed by atoms with Crippen molar-refractivity contribution in [3.05, 3.63) is 59.4 Å². The van der Waals surface area contributed by atoms with Crippen molar-refractivity contribution in [1.82, 2.24) is 8.96 Å². The van der Waals surface area contributed by atoms with E-state index in [0.717, 1.165) is 16.6 Å². The highest BCUT2D eigenvalue weighted by molar-refractivity contribution is 7.90. The fourth-order valence-corrected chi connectivity index (χ4v) is 3.89.